The van der Waals surface area contributed by atoms with E-state index in [0.29, 0.717) is 0 Å². The van der Waals surface area contributed by atoms with Crippen molar-refractivity contribution in [2.24, 2.45) is 0 Å². The van der Waals surface area contributed by atoms with Gasteiger partial charge in [0.25, 0.3) is 0 Å². The molecule has 0 aliphatic rings. The Kier molecular flexibility index (Phi) is 9.02. The molecule has 12 rings (SSSR count). The molecule has 0 atom stereocenters. The first-order valence-electron chi connectivity index (χ1n) is 21.3. The van der Waals surface area contributed by atoms with E-state index in [1.165, 1.54) is 44.2 Å². The highest BCUT2D eigenvalue weighted by atomic mass is 32.1. The van der Waals surface area contributed by atoms with Gasteiger partial charge in [0.1, 0.15) is 16.2 Å². The van der Waals surface area contributed by atoms with Crippen LogP contribution in [0.1, 0.15) is 0 Å². The molecule has 0 fully saturated rings. The number of furan rings is 1. The lowest BCUT2D eigenvalue weighted by Crippen LogP contribution is -2.09. The molecule has 3 nitrogen and oxygen atoms in total. The molecule has 0 aliphatic carbocycles. The van der Waals surface area contributed by atoms with Crippen molar-refractivity contribution >= 4 is 71.3 Å². The largest absolute Gasteiger partial charge is 0.456 e. The Morgan fingerprint density at radius 2 is 0.825 bits per heavy atom. The molecule has 10 aromatic carbocycles. The maximum absolute atomic E-state index is 6.55. The van der Waals surface area contributed by atoms with Crippen molar-refractivity contribution in [1.29, 1.82) is 0 Å². The lowest BCUT2D eigenvalue weighted by molar-refractivity contribution is 0.669. The molecule has 0 bridgehead atoms. The standard InChI is InChI=1S/C59H38N2OS/c1-3-11-39(12-4-1)42-19-21-43(22-20-42)45-27-33-50(34-28-45)61(49-31-25-44(26-32-49)40-13-5-2-6-14-40)51-35-29-46(30-36-51)56-57-52-17-9-10-18-53(52)62-54(57)38-55-58(56)60-59(63-55)48-24-23-41-15-7-8-16-47(41)37-48/h1-38H. The molecule has 0 aliphatic heterocycles. The first-order chi connectivity index (χ1) is 31.2. The zero-order valence-electron chi connectivity index (χ0n) is 34.2. The van der Waals surface area contributed by atoms with E-state index < -0.39 is 0 Å². The Labute approximate surface area is 369 Å². The second-order valence-corrected chi connectivity index (χ2v) is 17.0. The summed E-state index contributed by atoms with van der Waals surface area (Å²) in [5.41, 5.74) is 16.4. The minimum atomic E-state index is 0.867. The highest BCUT2D eigenvalue weighted by molar-refractivity contribution is 7.21. The van der Waals surface area contributed by atoms with Gasteiger partial charge in [-0.3, -0.25) is 0 Å². The van der Waals surface area contributed by atoms with Crippen LogP contribution in [0.5, 0.6) is 0 Å². The monoisotopic (exact) mass is 822 g/mol. The van der Waals surface area contributed by atoms with Crippen molar-refractivity contribution in [3.8, 4) is 55.1 Å². The predicted molar refractivity (Wildman–Crippen MR) is 266 cm³/mol. The Hall–Kier alpha value is -8.05. The number of nitrogens with zero attached hydrogens (tertiary/aromatic N) is 2. The fraction of sp³-hybridized carbons (Fsp3) is 0. The molecule has 0 radical (unpaired) electrons. The Bertz CT molecular complexity index is 3570. The van der Waals surface area contributed by atoms with Crippen LogP contribution in [-0.4, -0.2) is 4.98 Å². The van der Waals surface area contributed by atoms with Gasteiger partial charge in [0.05, 0.1) is 10.2 Å². The van der Waals surface area contributed by atoms with Crippen molar-refractivity contribution in [2.75, 3.05) is 4.90 Å². The molecular weight excluding hydrogens is 785 g/mol. The fourth-order valence-electron chi connectivity index (χ4n) is 8.94. The maximum Gasteiger partial charge on any atom is 0.137 e. The molecule has 0 N–H and O–H groups in total. The van der Waals surface area contributed by atoms with E-state index >= 15 is 0 Å². The normalized spacial score (nSPS) is 11.5. The van der Waals surface area contributed by atoms with Crippen LogP contribution in [0, 0.1) is 0 Å². The van der Waals surface area contributed by atoms with Crippen LogP contribution >= 0.6 is 11.3 Å². The first-order valence-corrected chi connectivity index (χ1v) is 22.1. The van der Waals surface area contributed by atoms with Gasteiger partial charge in [-0.05, 0) is 98.2 Å². The van der Waals surface area contributed by atoms with Crippen molar-refractivity contribution in [1.82, 2.24) is 4.98 Å². The maximum atomic E-state index is 6.55. The molecule has 2 heterocycles. The van der Waals surface area contributed by atoms with Gasteiger partial charge in [-0.25, -0.2) is 4.98 Å². The summed E-state index contributed by atoms with van der Waals surface area (Å²) in [6.45, 7) is 0. The Balaban J connectivity index is 0.959. The molecule has 63 heavy (non-hydrogen) atoms. The second-order valence-electron chi connectivity index (χ2n) is 15.9. The average molecular weight is 823 g/mol. The van der Waals surface area contributed by atoms with E-state index in [9.17, 15) is 0 Å². The predicted octanol–water partition coefficient (Wildman–Crippen LogP) is 17.2. The summed E-state index contributed by atoms with van der Waals surface area (Å²) in [7, 11) is 0. The van der Waals surface area contributed by atoms with E-state index in [1.54, 1.807) is 11.3 Å². The molecule has 0 saturated heterocycles. The lowest BCUT2D eigenvalue weighted by atomic mass is 9.97. The van der Waals surface area contributed by atoms with E-state index in [0.717, 1.165) is 70.9 Å². The van der Waals surface area contributed by atoms with E-state index in [2.05, 4.69) is 229 Å². The van der Waals surface area contributed by atoms with Gasteiger partial charge >= 0.3 is 0 Å². The van der Waals surface area contributed by atoms with Gasteiger partial charge in [0.15, 0.2) is 0 Å². The van der Waals surface area contributed by atoms with Gasteiger partial charge in [-0.1, -0.05) is 176 Å². The van der Waals surface area contributed by atoms with Gasteiger partial charge < -0.3 is 9.32 Å². The molecule has 296 valence electrons. The van der Waals surface area contributed by atoms with Crippen LogP contribution in [0.4, 0.5) is 17.1 Å². The minimum absolute atomic E-state index is 0.867. The third-order valence-electron chi connectivity index (χ3n) is 12.1. The number of aromatic nitrogens is 1. The SMILES string of the molecule is c1ccc(-c2ccc(-c3ccc(N(c4ccc(-c5ccccc5)cc4)c4ccc(-c5c6nc(-c7ccc8ccccc8c7)sc6cc6oc7ccccc7c56)cc4)cc3)cc2)cc1. The number of hydrogen-bond acceptors (Lipinski definition) is 4. The number of benzene rings is 10. The molecule has 0 amide bonds. The summed E-state index contributed by atoms with van der Waals surface area (Å²) in [6, 6.07) is 82.3. The average Bonchev–Trinajstić information content (AvgIpc) is 3.96. The van der Waals surface area contributed by atoms with E-state index in [1.807, 2.05) is 6.07 Å². The van der Waals surface area contributed by atoms with E-state index in [4.69, 9.17) is 9.40 Å². The van der Waals surface area contributed by atoms with Crippen LogP contribution in [0.3, 0.4) is 0 Å². The zero-order valence-corrected chi connectivity index (χ0v) is 35.0. The van der Waals surface area contributed by atoms with Gasteiger partial charge in [-0.15, -0.1) is 11.3 Å². The minimum Gasteiger partial charge on any atom is -0.456 e. The fourth-order valence-corrected chi connectivity index (χ4v) is 9.94. The Morgan fingerprint density at radius 3 is 1.41 bits per heavy atom. The summed E-state index contributed by atoms with van der Waals surface area (Å²) >= 11 is 1.71. The lowest BCUT2D eigenvalue weighted by Gasteiger charge is -2.26. The van der Waals surface area contributed by atoms with Crippen molar-refractivity contribution in [3.05, 3.63) is 231 Å². The van der Waals surface area contributed by atoms with Crippen LogP contribution in [-0.2, 0) is 0 Å². The van der Waals surface area contributed by atoms with Crippen LogP contribution in [0.25, 0.3) is 98.0 Å². The summed E-state index contributed by atoms with van der Waals surface area (Å²) < 4.78 is 7.65. The number of rotatable bonds is 8. The van der Waals surface area contributed by atoms with Crippen molar-refractivity contribution < 1.29 is 4.42 Å². The quantitative estimate of drug-likeness (QED) is 0.153. The van der Waals surface area contributed by atoms with E-state index in [-0.39, 0.29) is 0 Å². The number of thiazole rings is 1. The van der Waals surface area contributed by atoms with Crippen LogP contribution in [0.2, 0.25) is 0 Å². The summed E-state index contributed by atoms with van der Waals surface area (Å²) in [5, 5.41) is 5.59. The molecular formula is C59H38N2OS. The van der Waals surface area contributed by atoms with Crippen molar-refractivity contribution in [3.63, 3.8) is 0 Å². The smallest absolute Gasteiger partial charge is 0.137 e. The molecule has 12 aromatic rings. The van der Waals surface area contributed by atoms with Gasteiger partial charge in [-0.2, -0.15) is 0 Å². The Morgan fingerprint density at radius 1 is 0.365 bits per heavy atom. The molecule has 4 heteroatoms. The zero-order chi connectivity index (χ0) is 41.7. The van der Waals surface area contributed by atoms with Crippen LogP contribution in [0.15, 0.2) is 235 Å². The van der Waals surface area contributed by atoms with Gasteiger partial charge in [0, 0.05) is 45.0 Å². The highest BCUT2D eigenvalue weighted by Gasteiger charge is 2.21. The molecule has 2 aromatic heterocycles. The van der Waals surface area contributed by atoms with Gasteiger partial charge in [0.2, 0.25) is 0 Å². The number of fused-ring (bicyclic) bond motifs is 5. The summed E-state index contributed by atoms with van der Waals surface area (Å²) in [6.07, 6.45) is 0. The number of anilines is 3. The topological polar surface area (TPSA) is 29.3 Å². The summed E-state index contributed by atoms with van der Waals surface area (Å²) in [5.74, 6) is 0. The molecule has 0 spiro atoms. The second kappa shape index (κ2) is 15.4. The summed E-state index contributed by atoms with van der Waals surface area (Å²) in [4.78, 5) is 7.75. The highest BCUT2D eigenvalue weighted by Crippen LogP contribution is 2.46. The third-order valence-corrected chi connectivity index (χ3v) is 13.2. The first kappa shape index (κ1) is 36.8. The molecule has 0 unspecified atom stereocenters. The third kappa shape index (κ3) is 6.74. The number of hydrogen-bond donors (Lipinski definition) is 0. The van der Waals surface area contributed by atoms with Crippen molar-refractivity contribution in [2.45, 2.75) is 0 Å². The molecule has 0 saturated carbocycles. The van der Waals surface area contributed by atoms with Crippen LogP contribution < -0.4 is 4.90 Å². The number of para-hydroxylation sites is 1.